The fourth-order valence-corrected chi connectivity index (χ4v) is 2.86. The number of nitriles is 1. The number of nitrogens with zero attached hydrogens (tertiary/aromatic N) is 2. The number of nitrogens with one attached hydrogen (secondary N) is 1. The lowest BCUT2D eigenvalue weighted by molar-refractivity contribution is -0.385. The maximum absolute atomic E-state index is 11.8. The van der Waals surface area contributed by atoms with Crippen LogP contribution >= 0.6 is 0 Å². The highest BCUT2D eigenvalue weighted by molar-refractivity contribution is 7.88. The number of rotatable bonds is 6. The second kappa shape index (κ2) is 6.26. The van der Waals surface area contributed by atoms with Gasteiger partial charge in [-0.05, 0) is 6.42 Å². The quantitative estimate of drug-likeness (QED) is 0.624. The number of sulfonamides is 1. The Morgan fingerprint density at radius 1 is 1.47 bits per heavy atom. The highest BCUT2D eigenvalue weighted by Gasteiger charge is 2.21. The molecule has 8 heteroatoms. The van der Waals surface area contributed by atoms with Crippen molar-refractivity contribution >= 4 is 15.7 Å². The lowest BCUT2D eigenvalue weighted by atomic mass is 10.2. The van der Waals surface area contributed by atoms with E-state index in [1.165, 1.54) is 24.3 Å². The van der Waals surface area contributed by atoms with E-state index in [1.54, 1.807) is 13.0 Å². The molecule has 19 heavy (non-hydrogen) atoms. The fraction of sp³-hybridized carbons (Fsp3) is 0.364. The van der Waals surface area contributed by atoms with E-state index in [1.807, 2.05) is 0 Å². The Morgan fingerprint density at radius 2 is 2.11 bits per heavy atom. The van der Waals surface area contributed by atoms with Gasteiger partial charge >= 0.3 is 0 Å². The molecule has 0 fully saturated rings. The van der Waals surface area contributed by atoms with Crippen LogP contribution in [0, 0.1) is 21.4 Å². The van der Waals surface area contributed by atoms with Crippen LogP contribution in [0.4, 0.5) is 5.69 Å². The molecule has 0 bridgehead atoms. The maximum Gasteiger partial charge on any atom is 0.273 e. The van der Waals surface area contributed by atoms with E-state index in [4.69, 9.17) is 5.26 Å². The zero-order valence-corrected chi connectivity index (χ0v) is 11.1. The predicted molar refractivity (Wildman–Crippen MR) is 68.5 cm³/mol. The van der Waals surface area contributed by atoms with E-state index in [0.717, 1.165) is 0 Å². The van der Waals surface area contributed by atoms with Gasteiger partial charge in [-0.15, -0.1) is 0 Å². The van der Waals surface area contributed by atoms with Gasteiger partial charge in [-0.25, -0.2) is 8.42 Å². The van der Waals surface area contributed by atoms with E-state index in [9.17, 15) is 18.5 Å². The van der Waals surface area contributed by atoms with Crippen molar-refractivity contribution in [1.82, 2.24) is 4.72 Å². The lowest BCUT2D eigenvalue weighted by Crippen LogP contribution is -2.34. The van der Waals surface area contributed by atoms with E-state index >= 15 is 0 Å². The molecule has 1 aromatic rings. The van der Waals surface area contributed by atoms with E-state index in [2.05, 4.69) is 4.72 Å². The molecule has 0 radical (unpaired) electrons. The molecule has 1 N–H and O–H groups in total. The Labute approximate surface area is 111 Å². The maximum atomic E-state index is 11.8. The highest BCUT2D eigenvalue weighted by atomic mass is 32.2. The minimum absolute atomic E-state index is 0.0905. The topological polar surface area (TPSA) is 113 Å². The first-order valence-electron chi connectivity index (χ1n) is 5.51. The minimum Gasteiger partial charge on any atom is -0.258 e. The van der Waals surface area contributed by atoms with Crippen LogP contribution in [0.15, 0.2) is 24.3 Å². The zero-order valence-electron chi connectivity index (χ0n) is 10.2. The van der Waals surface area contributed by atoms with Gasteiger partial charge in [0.25, 0.3) is 5.69 Å². The first-order chi connectivity index (χ1) is 8.89. The van der Waals surface area contributed by atoms with Crippen molar-refractivity contribution in [3.05, 3.63) is 39.9 Å². The van der Waals surface area contributed by atoms with Crippen molar-refractivity contribution < 1.29 is 13.3 Å². The van der Waals surface area contributed by atoms with Gasteiger partial charge in [0.1, 0.15) is 6.04 Å². The predicted octanol–water partition coefficient (Wildman–Crippen LogP) is 1.32. The molecule has 0 amide bonds. The average Bonchev–Trinajstić information content (AvgIpc) is 2.35. The van der Waals surface area contributed by atoms with Crippen LogP contribution in [-0.2, 0) is 15.8 Å². The van der Waals surface area contributed by atoms with Crippen molar-refractivity contribution in [3.63, 3.8) is 0 Å². The summed E-state index contributed by atoms with van der Waals surface area (Å²) in [5.74, 6) is -0.525. The van der Waals surface area contributed by atoms with Crippen LogP contribution in [0.3, 0.4) is 0 Å². The monoisotopic (exact) mass is 283 g/mol. The van der Waals surface area contributed by atoms with E-state index in [0.29, 0.717) is 6.42 Å². The second-order valence-electron chi connectivity index (χ2n) is 3.85. The summed E-state index contributed by atoms with van der Waals surface area (Å²) in [5.41, 5.74) is -0.161. The minimum atomic E-state index is -3.79. The van der Waals surface area contributed by atoms with Gasteiger partial charge < -0.3 is 0 Å². The molecule has 7 nitrogen and oxygen atoms in total. The zero-order chi connectivity index (χ0) is 14.5. The molecule has 1 rings (SSSR count). The van der Waals surface area contributed by atoms with Gasteiger partial charge in [-0.3, -0.25) is 10.1 Å². The molecule has 102 valence electrons. The average molecular weight is 283 g/mol. The van der Waals surface area contributed by atoms with Crippen LogP contribution in [0.2, 0.25) is 0 Å². The SMILES string of the molecule is CCC(C#N)NS(=O)(=O)Cc1ccccc1[N+](=O)[O-]. The molecule has 1 unspecified atom stereocenters. The van der Waals surface area contributed by atoms with E-state index in [-0.39, 0.29) is 11.3 Å². The van der Waals surface area contributed by atoms with Crippen LogP contribution in [0.25, 0.3) is 0 Å². The van der Waals surface area contributed by atoms with Gasteiger partial charge in [0.2, 0.25) is 10.0 Å². The normalized spacial score (nSPS) is 12.6. The summed E-state index contributed by atoms with van der Waals surface area (Å²) in [6.45, 7) is 1.67. The molecule has 0 saturated carbocycles. The standard InChI is InChI=1S/C11H13N3O4S/c1-2-10(7-12)13-19(17,18)8-9-5-3-4-6-11(9)14(15)16/h3-6,10,13H,2,8H2,1H3. The van der Waals surface area contributed by atoms with Crippen molar-refractivity contribution in [2.24, 2.45) is 0 Å². The van der Waals surface area contributed by atoms with Crippen molar-refractivity contribution in [2.75, 3.05) is 0 Å². The smallest absolute Gasteiger partial charge is 0.258 e. The van der Waals surface area contributed by atoms with Gasteiger partial charge in [0.15, 0.2) is 0 Å². The molecule has 0 saturated heterocycles. The Balaban J connectivity index is 2.97. The molecule has 0 aliphatic carbocycles. The number of nitro groups is 1. The summed E-state index contributed by atoms with van der Waals surface area (Å²) < 4.78 is 25.8. The number of hydrogen-bond acceptors (Lipinski definition) is 5. The molecule has 0 heterocycles. The first-order valence-corrected chi connectivity index (χ1v) is 7.16. The third-order valence-electron chi connectivity index (χ3n) is 2.42. The van der Waals surface area contributed by atoms with Crippen LogP contribution < -0.4 is 4.72 Å². The third-order valence-corrected chi connectivity index (χ3v) is 3.75. The molecular weight excluding hydrogens is 270 g/mol. The number of benzene rings is 1. The summed E-state index contributed by atoms with van der Waals surface area (Å²) >= 11 is 0. The second-order valence-corrected chi connectivity index (χ2v) is 5.61. The molecule has 1 aromatic carbocycles. The summed E-state index contributed by atoms with van der Waals surface area (Å²) in [6, 6.07) is 6.59. The van der Waals surface area contributed by atoms with Crippen molar-refractivity contribution in [3.8, 4) is 6.07 Å². The summed E-state index contributed by atoms with van der Waals surface area (Å²) in [4.78, 5) is 10.1. The Kier molecular flexibility index (Phi) is 4.97. The largest absolute Gasteiger partial charge is 0.273 e. The number of para-hydroxylation sites is 1. The van der Waals surface area contributed by atoms with Gasteiger partial charge in [0, 0.05) is 11.6 Å². The number of hydrogen-bond donors (Lipinski definition) is 1. The van der Waals surface area contributed by atoms with Crippen molar-refractivity contribution in [1.29, 1.82) is 5.26 Å². The van der Waals surface area contributed by atoms with Crippen molar-refractivity contribution in [2.45, 2.75) is 25.1 Å². The summed E-state index contributed by atoms with van der Waals surface area (Å²) in [5, 5.41) is 19.5. The lowest BCUT2D eigenvalue weighted by Gasteiger charge is -2.10. The van der Waals surface area contributed by atoms with Gasteiger partial charge in [0.05, 0.1) is 16.7 Å². The highest BCUT2D eigenvalue weighted by Crippen LogP contribution is 2.19. The summed E-state index contributed by atoms with van der Waals surface area (Å²) in [7, 11) is -3.79. The molecule has 0 aromatic heterocycles. The molecule has 0 spiro atoms. The van der Waals surface area contributed by atoms with Gasteiger partial charge in [-0.2, -0.15) is 9.98 Å². The van der Waals surface area contributed by atoms with E-state index < -0.39 is 26.7 Å². The first kappa shape index (κ1) is 15.1. The Morgan fingerprint density at radius 3 is 2.63 bits per heavy atom. The Hall–Kier alpha value is -1.98. The van der Waals surface area contributed by atoms with Crippen LogP contribution in [0.1, 0.15) is 18.9 Å². The molecule has 1 atom stereocenters. The third kappa shape index (κ3) is 4.31. The summed E-state index contributed by atoms with van der Waals surface area (Å²) in [6.07, 6.45) is 0.326. The molecule has 0 aliphatic heterocycles. The van der Waals surface area contributed by atoms with Gasteiger partial charge in [-0.1, -0.05) is 25.1 Å². The molecular formula is C11H13N3O4S. The Bertz CT molecular complexity index is 607. The van der Waals surface area contributed by atoms with Crippen LogP contribution in [0.5, 0.6) is 0 Å². The number of nitro benzene ring substituents is 1. The fourth-order valence-electron chi connectivity index (χ4n) is 1.48. The molecule has 0 aliphatic rings. The van der Waals surface area contributed by atoms with Crippen LogP contribution in [-0.4, -0.2) is 19.4 Å².